The molecule has 0 aromatic carbocycles. The second-order valence-corrected chi connectivity index (χ2v) is 2.89. The maximum atomic E-state index is 10.9. The molecule has 1 rings (SSSR count). The molecule has 0 amide bonds. The van der Waals surface area contributed by atoms with Crippen LogP contribution in [0.2, 0.25) is 0 Å². The van der Waals surface area contributed by atoms with Crippen molar-refractivity contribution in [3.63, 3.8) is 0 Å². The summed E-state index contributed by atoms with van der Waals surface area (Å²) in [4.78, 5) is 15.0. The van der Waals surface area contributed by atoms with Gasteiger partial charge in [-0.3, -0.25) is 9.78 Å². The van der Waals surface area contributed by atoms with Gasteiger partial charge in [0, 0.05) is 17.6 Å². The Labute approximate surface area is 82.3 Å². The zero-order valence-electron chi connectivity index (χ0n) is 7.33. The molecule has 0 radical (unpaired) electrons. The van der Waals surface area contributed by atoms with Gasteiger partial charge in [0.15, 0.2) is 5.78 Å². The standard InChI is InChI=1S/C10H10ClNO/c1-8(13)9-4-5-10(12-7-9)3-2-6-11/h2-5,7H,6H2,1H3. The van der Waals surface area contributed by atoms with Crippen LogP contribution in [-0.2, 0) is 0 Å². The molecule has 0 atom stereocenters. The average molecular weight is 196 g/mol. The van der Waals surface area contributed by atoms with Crippen molar-refractivity contribution in [2.75, 3.05) is 5.88 Å². The Bertz CT molecular complexity index is 316. The second kappa shape index (κ2) is 4.77. The van der Waals surface area contributed by atoms with Crippen LogP contribution in [-0.4, -0.2) is 16.6 Å². The Morgan fingerprint density at radius 2 is 2.38 bits per heavy atom. The number of halogens is 1. The zero-order chi connectivity index (χ0) is 9.68. The van der Waals surface area contributed by atoms with E-state index >= 15 is 0 Å². The Morgan fingerprint density at radius 1 is 1.62 bits per heavy atom. The summed E-state index contributed by atoms with van der Waals surface area (Å²) in [5, 5.41) is 0. The van der Waals surface area contributed by atoms with E-state index in [1.54, 1.807) is 24.4 Å². The lowest BCUT2D eigenvalue weighted by molar-refractivity contribution is 0.101. The monoisotopic (exact) mass is 195 g/mol. The van der Waals surface area contributed by atoms with E-state index in [0.29, 0.717) is 11.4 Å². The summed E-state index contributed by atoms with van der Waals surface area (Å²) >= 11 is 5.46. The summed E-state index contributed by atoms with van der Waals surface area (Å²) in [5.74, 6) is 0.497. The highest BCUT2D eigenvalue weighted by molar-refractivity contribution is 6.19. The number of carbonyl (C=O) groups is 1. The summed E-state index contributed by atoms with van der Waals surface area (Å²) in [5.41, 5.74) is 1.44. The topological polar surface area (TPSA) is 30.0 Å². The van der Waals surface area contributed by atoms with Crippen LogP contribution in [0.25, 0.3) is 6.08 Å². The van der Waals surface area contributed by atoms with Crippen molar-refractivity contribution in [1.29, 1.82) is 0 Å². The highest BCUT2D eigenvalue weighted by Crippen LogP contribution is 2.02. The van der Waals surface area contributed by atoms with E-state index in [-0.39, 0.29) is 5.78 Å². The van der Waals surface area contributed by atoms with Crippen molar-refractivity contribution >= 4 is 23.5 Å². The van der Waals surface area contributed by atoms with E-state index in [1.807, 2.05) is 6.08 Å². The van der Waals surface area contributed by atoms with Crippen molar-refractivity contribution < 1.29 is 4.79 Å². The maximum absolute atomic E-state index is 10.9. The summed E-state index contributed by atoms with van der Waals surface area (Å²) in [6, 6.07) is 3.54. The van der Waals surface area contributed by atoms with Crippen molar-refractivity contribution in [1.82, 2.24) is 4.98 Å². The summed E-state index contributed by atoms with van der Waals surface area (Å²) < 4.78 is 0. The quantitative estimate of drug-likeness (QED) is 0.548. The van der Waals surface area contributed by atoms with Crippen molar-refractivity contribution in [3.8, 4) is 0 Å². The molecule has 68 valence electrons. The fraction of sp³-hybridized carbons (Fsp3) is 0.200. The van der Waals surface area contributed by atoms with Gasteiger partial charge in [-0.15, -0.1) is 11.6 Å². The molecule has 1 aromatic rings. The third-order valence-electron chi connectivity index (χ3n) is 1.57. The molecule has 0 saturated carbocycles. The van der Waals surface area contributed by atoms with Crippen LogP contribution in [0.4, 0.5) is 0 Å². The minimum Gasteiger partial charge on any atom is -0.294 e. The molecule has 0 spiro atoms. The molecule has 0 aliphatic heterocycles. The van der Waals surface area contributed by atoms with E-state index in [9.17, 15) is 4.79 Å². The maximum Gasteiger partial charge on any atom is 0.161 e. The number of aromatic nitrogens is 1. The highest BCUT2D eigenvalue weighted by atomic mass is 35.5. The number of allylic oxidation sites excluding steroid dienone is 1. The molecule has 0 aliphatic carbocycles. The smallest absolute Gasteiger partial charge is 0.161 e. The van der Waals surface area contributed by atoms with Crippen molar-refractivity contribution in [3.05, 3.63) is 35.7 Å². The molecule has 13 heavy (non-hydrogen) atoms. The van der Waals surface area contributed by atoms with Gasteiger partial charge in [-0.05, 0) is 25.1 Å². The number of alkyl halides is 1. The summed E-state index contributed by atoms with van der Waals surface area (Å²) in [6.07, 6.45) is 5.19. The summed E-state index contributed by atoms with van der Waals surface area (Å²) in [6.45, 7) is 1.52. The van der Waals surface area contributed by atoms with Crippen LogP contribution in [0.3, 0.4) is 0 Å². The van der Waals surface area contributed by atoms with Crippen molar-refractivity contribution in [2.24, 2.45) is 0 Å². The van der Waals surface area contributed by atoms with Gasteiger partial charge in [0.2, 0.25) is 0 Å². The lowest BCUT2D eigenvalue weighted by atomic mass is 10.2. The molecular weight excluding hydrogens is 186 g/mol. The van der Waals surface area contributed by atoms with Gasteiger partial charge in [0.25, 0.3) is 0 Å². The van der Waals surface area contributed by atoms with Gasteiger partial charge < -0.3 is 0 Å². The van der Waals surface area contributed by atoms with Crippen LogP contribution in [0.5, 0.6) is 0 Å². The zero-order valence-corrected chi connectivity index (χ0v) is 8.08. The van der Waals surface area contributed by atoms with Crippen LogP contribution in [0, 0.1) is 0 Å². The molecule has 0 bridgehead atoms. The molecule has 0 N–H and O–H groups in total. The van der Waals surface area contributed by atoms with E-state index in [0.717, 1.165) is 5.69 Å². The normalized spacial score (nSPS) is 10.6. The minimum atomic E-state index is 0.0281. The number of ketones is 1. The third kappa shape index (κ3) is 2.99. The number of hydrogen-bond donors (Lipinski definition) is 0. The van der Waals surface area contributed by atoms with Crippen LogP contribution < -0.4 is 0 Å². The number of hydrogen-bond acceptors (Lipinski definition) is 2. The Hall–Kier alpha value is -1.15. The van der Waals surface area contributed by atoms with E-state index in [1.165, 1.54) is 6.92 Å². The Kier molecular flexibility index (Phi) is 3.65. The minimum absolute atomic E-state index is 0.0281. The molecule has 0 fully saturated rings. The van der Waals surface area contributed by atoms with E-state index in [4.69, 9.17) is 11.6 Å². The number of pyridine rings is 1. The third-order valence-corrected chi connectivity index (χ3v) is 1.75. The largest absolute Gasteiger partial charge is 0.294 e. The molecule has 0 saturated heterocycles. The molecule has 1 heterocycles. The van der Waals surface area contributed by atoms with Crippen LogP contribution in [0.15, 0.2) is 24.4 Å². The molecule has 1 aromatic heterocycles. The first-order chi connectivity index (χ1) is 6.24. The number of carbonyl (C=O) groups excluding carboxylic acids is 1. The summed E-state index contributed by atoms with van der Waals surface area (Å²) in [7, 11) is 0. The molecule has 2 nitrogen and oxygen atoms in total. The van der Waals surface area contributed by atoms with Gasteiger partial charge in [0.05, 0.1) is 5.69 Å². The van der Waals surface area contributed by atoms with E-state index < -0.39 is 0 Å². The first-order valence-electron chi connectivity index (χ1n) is 3.93. The Balaban J connectivity index is 2.81. The highest BCUT2D eigenvalue weighted by Gasteiger charge is 1.97. The lowest BCUT2D eigenvalue weighted by Gasteiger charge is -1.95. The van der Waals surface area contributed by atoms with Gasteiger partial charge >= 0.3 is 0 Å². The average Bonchev–Trinajstić information content (AvgIpc) is 2.15. The second-order valence-electron chi connectivity index (χ2n) is 2.58. The number of Topliss-reactive ketones (excluding diaryl/α,β-unsaturated/α-hetero) is 1. The van der Waals surface area contributed by atoms with Crippen LogP contribution >= 0.6 is 11.6 Å². The predicted octanol–water partition coefficient (Wildman–Crippen LogP) is 2.54. The molecule has 3 heteroatoms. The van der Waals surface area contributed by atoms with Crippen LogP contribution in [0.1, 0.15) is 23.0 Å². The number of rotatable bonds is 3. The van der Waals surface area contributed by atoms with E-state index in [2.05, 4.69) is 4.98 Å². The first-order valence-corrected chi connectivity index (χ1v) is 4.47. The van der Waals surface area contributed by atoms with Gasteiger partial charge in [-0.1, -0.05) is 6.08 Å². The van der Waals surface area contributed by atoms with Gasteiger partial charge in [-0.2, -0.15) is 0 Å². The predicted molar refractivity (Wildman–Crippen MR) is 54.0 cm³/mol. The van der Waals surface area contributed by atoms with Gasteiger partial charge in [-0.25, -0.2) is 0 Å². The molecule has 0 aliphatic rings. The SMILES string of the molecule is CC(=O)c1ccc(C=CCCl)nc1. The fourth-order valence-corrected chi connectivity index (χ4v) is 0.967. The van der Waals surface area contributed by atoms with Crippen molar-refractivity contribution in [2.45, 2.75) is 6.92 Å². The Morgan fingerprint density at radius 3 is 2.85 bits per heavy atom. The lowest BCUT2D eigenvalue weighted by Crippen LogP contribution is -1.93. The fourth-order valence-electron chi connectivity index (χ4n) is 0.877. The van der Waals surface area contributed by atoms with Gasteiger partial charge in [0.1, 0.15) is 0 Å². The first kappa shape index (κ1) is 9.93. The molecule has 0 unspecified atom stereocenters. The number of nitrogens with zero attached hydrogens (tertiary/aromatic N) is 1. The molecular formula is C10H10ClNO.